The van der Waals surface area contributed by atoms with Crippen molar-refractivity contribution in [2.45, 2.75) is 12.8 Å². The van der Waals surface area contributed by atoms with E-state index in [1.54, 1.807) is 21.9 Å². The summed E-state index contributed by atoms with van der Waals surface area (Å²) in [5.41, 5.74) is 0.604. The predicted octanol–water partition coefficient (Wildman–Crippen LogP) is 1.88. The normalized spacial score (nSPS) is 22.8. The van der Waals surface area contributed by atoms with Crippen LogP contribution >= 0.6 is 0 Å². The molecule has 2 amide bonds. The lowest BCUT2D eigenvalue weighted by Crippen LogP contribution is -2.34. The number of halogens is 1. The van der Waals surface area contributed by atoms with Crippen molar-refractivity contribution in [1.82, 2.24) is 14.9 Å². The molecular weight excluding hydrogens is 323 g/mol. The fourth-order valence-corrected chi connectivity index (χ4v) is 3.73. The molecule has 1 aromatic heterocycles. The lowest BCUT2D eigenvalue weighted by Gasteiger charge is -2.24. The zero-order chi connectivity index (χ0) is 17.4. The van der Waals surface area contributed by atoms with Crippen molar-refractivity contribution in [2.75, 3.05) is 24.5 Å². The Morgan fingerprint density at radius 3 is 2.88 bits per heavy atom. The lowest BCUT2D eigenvalue weighted by molar-refractivity contribution is -0.117. The van der Waals surface area contributed by atoms with E-state index in [1.807, 2.05) is 0 Å². The summed E-state index contributed by atoms with van der Waals surface area (Å²) in [4.78, 5) is 36.3. The number of benzene rings is 1. The molecule has 1 atom stereocenters. The number of hydrogen-bond donors (Lipinski definition) is 0. The van der Waals surface area contributed by atoms with Crippen molar-refractivity contribution in [3.8, 4) is 0 Å². The Bertz CT molecular complexity index is 829. The molecule has 2 aliphatic rings. The molecule has 25 heavy (non-hydrogen) atoms. The first-order valence-corrected chi connectivity index (χ1v) is 8.18. The van der Waals surface area contributed by atoms with Crippen LogP contribution < -0.4 is 4.90 Å². The maximum absolute atomic E-state index is 13.5. The summed E-state index contributed by atoms with van der Waals surface area (Å²) in [7, 11) is 0. The second-order valence-electron chi connectivity index (χ2n) is 6.70. The minimum absolute atomic E-state index is 0.0283. The first kappa shape index (κ1) is 15.7. The molecule has 0 aliphatic carbocycles. The van der Waals surface area contributed by atoms with Crippen molar-refractivity contribution >= 4 is 17.5 Å². The van der Waals surface area contributed by atoms with Gasteiger partial charge in [-0.3, -0.25) is 14.6 Å². The molecular formula is C18H17FN4O2. The number of hydrogen-bond acceptors (Lipinski definition) is 4. The van der Waals surface area contributed by atoms with Gasteiger partial charge in [0.2, 0.25) is 5.91 Å². The third-order valence-electron chi connectivity index (χ3n) is 4.95. The number of anilines is 1. The fraction of sp³-hybridized carbons (Fsp3) is 0.333. The third kappa shape index (κ3) is 2.86. The Hall–Kier alpha value is -2.83. The maximum atomic E-state index is 13.5. The molecule has 128 valence electrons. The number of nitrogens with zero attached hydrogens (tertiary/aromatic N) is 4. The molecule has 0 unspecified atom stereocenters. The summed E-state index contributed by atoms with van der Waals surface area (Å²) in [5.74, 6) is -0.557. The van der Waals surface area contributed by atoms with Crippen LogP contribution in [0, 0.1) is 11.2 Å². The van der Waals surface area contributed by atoms with Gasteiger partial charge in [-0.15, -0.1) is 0 Å². The monoisotopic (exact) mass is 340 g/mol. The van der Waals surface area contributed by atoms with Crippen LogP contribution in [0.25, 0.3) is 0 Å². The van der Waals surface area contributed by atoms with Crippen LogP contribution in [-0.4, -0.2) is 46.3 Å². The highest BCUT2D eigenvalue weighted by Crippen LogP contribution is 2.42. The smallest absolute Gasteiger partial charge is 0.274 e. The van der Waals surface area contributed by atoms with Gasteiger partial charge in [-0.2, -0.15) is 0 Å². The van der Waals surface area contributed by atoms with Crippen molar-refractivity contribution < 1.29 is 14.0 Å². The summed E-state index contributed by atoms with van der Waals surface area (Å²) in [6.45, 7) is 1.58. The molecule has 3 heterocycles. The van der Waals surface area contributed by atoms with E-state index in [1.165, 1.54) is 30.7 Å². The molecule has 1 spiro atoms. The number of carbonyl (C=O) groups is 2. The molecule has 4 rings (SSSR count). The van der Waals surface area contributed by atoms with E-state index in [4.69, 9.17) is 0 Å². The van der Waals surface area contributed by atoms with Gasteiger partial charge in [0.15, 0.2) is 0 Å². The molecule has 0 N–H and O–H groups in total. The summed E-state index contributed by atoms with van der Waals surface area (Å²) >= 11 is 0. The zero-order valence-corrected chi connectivity index (χ0v) is 13.6. The van der Waals surface area contributed by atoms with Gasteiger partial charge in [0.25, 0.3) is 5.91 Å². The van der Waals surface area contributed by atoms with Crippen molar-refractivity contribution in [3.05, 3.63) is 54.4 Å². The van der Waals surface area contributed by atoms with Gasteiger partial charge in [0.05, 0.1) is 6.20 Å². The standard InChI is InChI=1S/C18H17FN4O2/c19-13-2-1-3-14(8-13)23-12-18(9-16(23)24)4-7-22(11-18)17(25)15-10-20-5-6-21-15/h1-3,5-6,8,10H,4,7,9,11-12H2/t18-/m1/s1. The maximum Gasteiger partial charge on any atom is 0.274 e. The van der Waals surface area contributed by atoms with Crippen LogP contribution in [0.4, 0.5) is 10.1 Å². The number of carbonyl (C=O) groups excluding carboxylic acids is 2. The largest absolute Gasteiger partial charge is 0.337 e. The van der Waals surface area contributed by atoms with Crippen LogP contribution in [0.5, 0.6) is 0 Å². The van der Waals surface area contributed by atoms with Gasteiger partial charge in [0, 0.05) is 49.6 Å². The summed E-state index contributed by atoms with van der Waals surface area (Å²) in [6.07, 6.45) is 5.58. The molecule has 2 saturated heterocycles. The zero-order valence-electron chi connectivity index (χ0n) is 13.6. The number of rotatable bonds is 2. The highest BCUT2D eigenvalue weighted by molar-refractivity contribution is 5.97. The van der Waals surface area contributed by atoms with Gasteiger partial charge in [-0.05, 0) is 24.6 Å². The first-order chi connectivity index (χ1) is 12.1. The topological polar surface area (TPSA) is 66.4 Å². The van der Waals surface area contributed by atoms with E-state index in [2.05, 4.69) is 9.97 Å². The van der Waals surface area contributed by atoms with E-state index in [-0.39, 0.29) is 23.0 Å². The molecule has 2 aromatic rings. The molecule has 0 saturated carbocycles. The van der Waals surface area contributed by atoms with Gasteiger partial charge in [0.1, 0.15) is 11.5 Å². The van der Waals surface area contributed by atoms with Crippen LogP contribution in [-0.2, 0) is 4.79 Å². The fourth-order valence-electron chi connectivity index (χ4n) is 3.73. The predicted molar refractivity (Wildman–Crippen MR) is 88.4 cm³/mol. The minimum atomic E-state index is -0.364. The summed E-state index contributed by atoms with van der Waals surface area (Å²) in [6, 6.07) is 6.06. The first-order valence-electron chi connectivity index (χ1n) is 8.18. The van der Waals surface area contributed by atoms with Crippen molar-refractivity contribution in [3.63, 3.8) is 0 Å². The molecule has 0 radical (unpaired) electrons. The van der Waals surface area contributed by atoms with E-state index in [9.17, 15) is 14.0 Å². The van der Waals surface area contributed by atoms with Crippen LogP contribution in [0.1, 0.15) is 23.3 Å². The van der Waals surface area contributed by atoms with Gasteiger partial charge in [-0.25, -0.2) is 9.37 Å². The Balaban J connectivity index is 1.51. The second kappa shape index (κ2) is 5.91. The number of aromatic nitrogens is 2. The van der Waals surface area contributed by atoms with Gasteiger partial charge >= 0.3 is 0 Å². The lowest BCUT2D eigenvalue weighted by atomic mass is 9.86. The minimum Gasteiger partial charge on any atom is -0.337 e. The molecule has 7 heteroatoms. The Morgan fingerprint density at radius 2 is 2.12 bits per heavy atom. The Kier molecular flexibility index (Phi) is 3.71. The van der Waals surface area contributed by atoms with Crippen molar-refractivity contribution in [1.29, 1.82) is 0 Å². The van der Waals surface area contributed by atoms with Gasteiger partial charge < -0.3 is 9.80 Å². The number of amides is 2. The third-order valence-corrected chi connectivity index (χ3v) is 4.95. The van der Waals surface area contributed by atoms with Crippen molar-refractivity contribution in [2.24, 2.45) is 5.41 Å². The molecule has 0 bridgehead atoms. The SMILES string of the molecule is O=C(c1cnccn1)N1CC[C@@]2(CC(=O)N(c3cccc(F)c3)C2)C1. The average Bonchev–Trinajstić information content (AvgIpc) is 3.18. The molecule has 1 aromatic carbocycles. The molecule has 2 aliphatic heterocycles. The van der Waals surface area contributed by atoms with Crippen LogP contribution in [0.3, 0.4) is 0 Å². The second-order valence-corrected chi connectivity index (χ2v) is 6.70. The number of likely N-dealkylation sites (tertiary alicyclic amines) is 1. The summed E-state index contributed by atoms with van der Waals surface area (Å²) in [5, 5.41) is 0. The molecule has 6 nitrogen and oxygen atoms in total. The van der Waals surface area contributed by atoms with E-state index in [0.717, 1.165) is 6.42 Å². The Morgan fingerprint density at radius 1 is 1.24 bits per heavy atom. The average molecular weight is 340 g/mol. The van der Waals surface area contributed by atoms with E-state index < -0.39 is 0 Å². The van der Waals surface area contributed by atoms with Crippen LogP contribution in [0.15, 0.2) is 42.9 Å². The highest BCUT2D eigenvalue weighted by atomic mass is 19.1. The summed E-state index contributed by atoms with van der Waals surface area (Å²) < 4.78 is 13.5. The Labute approximate surface area is 144 Å². The van der Waals surface area contributed by atoms with E-state index >= 15 is 0 Å². The van der Waals surface area contributed by atoms with E-state index in [0.29, 0.717) is 37.4 Å². The van der Waals surface area contributed by atoms with Crippen LogP contribution in [0.2, 0.25) is 0 Å². The quantitative estimate of drug-likeness (QED) is 0.837. The van der Waals surface area contributed by atoms with Gasteiger partial charge in [-0.1, -0.05) is 6.07 Å². The molecule has 2 fully saturated rings. The highest BCUT2D eigenvalue weighted by Gasteiger charge is 2.49.